The van der Waals surface area contributed by atoms with Gasteiger partial charge in [0.05, 0.1) is 29.0 Å². The quantitative estimate of drug-likeness (QED) is 0.398. The van der Waals surface area contributed by atoms with E-state index in [2.05, 4.69) is 16.8 Å². The number of ether oxygens (including phenoxy) is 3. The molecule has 1 atom stereocenters. The number of benzene rings is 1. The van der Waals surface area contributed by atoms with Crippen LogP contribution in [0.15, 0.2) is 23.0 Å². The molecule has 1 fully saturated rings. The van der Waals surface area contributed by atoms with Crippen LogP contribution in [-0.4, -0.2) is 76.9 Å². The highest BCUT2D eigenvalue weighted by Crippen LogP contribution is 2.42. The van der Waals surface area contributed by atoms with E-state index < -0.39 is 12.1 Å². The van der Waals surface area contributed by atoms with Crippen molar-refractivity contribution >= 4 is 16.9 Å². The third kappa shape index (κ3) is 3.95. The van der Waals surface area contributed by atoms with Crippen LogP contribution < -0.4 is 15.0 Å². The molecule has 3 aromatic rings. The van der Waals surface area contributed by atoms with Crippen LogP contribution in [0.4, 0.5) is 0 Å². The Morgan fingerprint density at radius 3 is 2.42 bits per heavy atom. The number of hydrogen-bond donors (Lipinski definition) is 1. The Kier molecular flexibility index (Phi) is 6.33. The highest BCUT2D eigenvalue weighted by Gasteiger charge is 2.35. The summed E-state index contributed by atoms with van der Waals surface area (Å²) in [7, 11) is 2.13. The summed E-state index contributed by atoms with van der Waals surface area (Å²) in [4.78, 5) is 35.2. The van der Waals surface area contributed by atoms with Crippen LogP contribution in [0.25, 0.3) is 22.3 Å². The third-order valence-electron chi connectivity index (χ3n) is 7.72. The van der Waals surface area contributed by atoms with E-state index in [0.717, 1.165) is 54.8 Å². The Balaban J connectivity index is 0.00000129. The van der Waals surface area contributed by atoms with Crippen LogP contribution in [-0.2, 0) is 29.2 Å². The first kappa shape index (κ1) is 24.8. The summed E-state index contributed by atoms with van der Waals surface area (Å²) in [6, 6.07) is 5.64. The van der Waals surface area contributed by atoms with Crippen LogP contribution in [0.2, 0.25) is 0 Å². The second-order valence-corrected chi connectivity index (χ2v) is 9.87. The topological polar surface area (TPSA) is 106 Å². The molecule has 0 amide bonds. The van der Waals surface area contributed by atoms with E-state index in [4.69, 9.17) is 19.2 Å². The van der Waals surface area contributed by atoms with Gasteiger partial charge in [-0.3, -0.25) is 9.69 Å². The maximum absolute atomic E-state index is 13.4. The summed E-state index contributed by atoms with van der Waals surface area (Å²) in [6.45, 7) is 9.84. The highest BCUT2D eigenvalue weighted by molar-refractivity contribution is 5.91. The summed E-state index contributed by atoms with van der Waals surface area (Å²) in [5, 5.41) is 11.4. The standard InChI is InChI=1S/C26H26N4O6.C2H6/c1-28-2-4-29(5-3-28)11-16-14-9-21-22(35-7-6-34-21)10-19(14)27-23-17(16)12-30-20(23)8-15-18(25(30)32)13-36-26(33)24(15)31;1-2/h8-10,24,31H,2-7,11-13H2,1H3;1-2H3. The van der Waals surface area contributed by atoms with E-state index in [1.54, 1.807) is 10.6 Å². The van der Waals surface area contributed by atoms with Crippen molar-refractivity contribution in [2.45, 2.75) is 39.6 Å². The molecule has 0 bridgehead atoms. The van der Waals surface area contributed by atoms with Crippen molar-refractivity contribution in [3.8, 4) is 22.9 Å². The number of piperazine rings is 1. The molecule has 1 saturated heterocycles. The molecule has 0 spiro atoms. The Morgan fingerprint density at radius 2 is 1.68 bits per heavy atom. The normalized spacial score (nSPS) is 20.2. The minimum absolute atomic E-state index is 0.133. The molecule has 4 aliphatic heterocycles. The van der Waals surface area contributed by atoms with Gasteiger partial charge in [0.25, 0.3) is 5.56 Å². The fourth-order valence-electron chi connectivity index (χ4n) is 5.66. The lowest BCUT2D eigenvalue weighted by Crippen LogP contribution is -2.44. The lowest BCUT2D eigenvalue weighted by atomic mass is 9.97. The third-order valence-corrected chi connectivity index (χ3v) is 7.72. The van der Waals surface area contributed by atoms with E-state index >= 15 is 0 Å². The van der Waals surface area contributed by atoms with E-state index in [1.165, 1.54) is 0 Å². The molecule has 0 saturated carbocycles. The summed E-state index contributed by atoms with van der Waals surface area (Å²) in [5.41, 5.74) is 4.55. The molecule has 1 N–H and O–H groups in total. The second-order valence-electron chi connectivity index (χ2n) is 9.87. The second kappa shape index (κ2) is 9.68. The number of aliphatic hydroxyl groups is 1. The predicted octanol–water partition coefficient (Wildman–Crippen LogP) is 2.06. The number of hydrogen-bond acceptors (Lipinski definition) is 9. The molecule has 4 aliphatic rings. The molecule has 7 rings (SSSR count). The van der Waals surface area contributed by atoms with Crippen molar-refractivity contribution in [3.05, 3.63) is 50.8 Å². The minimum Gasteiger partial charge on any atom is -0.486 e. The molecule has 10 heteroatoms. The van der Waals surface area contributed by atoms with Crippen molar-refractivity contribution in [3.63, 3.8) is 0 Å². The lowest BCUT2D eigenvalue weighted by molar-refractivity contribution is -0.157. The number of rotatable bonds is 2. The number of likely N-dealkylation sites (N-methyl/N-ethyl adjacent to an activating group) is 1. The summed E-state index contributed by atoms with van der Waals surface area (Å²) < 4.78 is 18.4. The smallest absolute Gasteiger partial charge is 0.340 e. The monoisotopic (exact) mass is 520 g/mol. The van der Waals surface area contributed by atoms with Gasteiger partial charge in [-0.15, -0.1) is 0 Å². The molecule has 0 aliphatic carbocycles. The van der Waals surface area contributed by atoms with Gasteiger partial charge in [-0.05, 0) is 24.7 Å². The Hall–Kier alpha value is -3.47. The first-order valence-corrected chi connectivity index (χ1v) is 13.3. The van der Waals surface area contributed by atoms with Crippen molar-refractivity contribution < 1.29 is 24.1 Å². The van der Waals surface area contributed by atoms with Gasteiger partial charge in [0, 0.05) is 55.3 Å². The molecule has 2 aromatic heterocycles. The van der Waals surface area contributed by atoms with Gasteiger partial charge in [0.15, 0.2) is 17.6 Å². The number of carbonyl (C=O) groups is 1. The zero-order valence-corrected chi connectivity index (χ0v) is 22.0. The van der Waals surface area contributed by atoms with Crippen molar-refractivity contribution in [1.82, 2.24) is 19.4 Å². The number of cyclic esters (lactones) is 1. The lowest BCUT2D eigenvalue weighted by Gasteiger charge is -2.33. The number of aliphatic hydroxyl groups excluding tert-OH is 1. The summed E-state index contributed by atoms with van der Waals surface area (Å²) in [6.07, 6.45) is -1.47. The van der Waals surface area contributed by atoms with E-state index in [0.29, 0.717) is 53.8 Å². The van der Waals surface area contributed by atoms with Crippen molar-refractivity contribution in [1.29, 1.82) is 0 Å². The number of aromatic nitrogens is 2. The maximum atomic E-state index is 13.4. The van der Waals surface area contributed by atoms with Crippen molar-refractivity contribution in [2.75, 3.05) is 46.4 Å². The fourth-order valence-corrected chi connectivity index (χ4v) is 5.66. The van der Waals surface area contributed by atoms with Crippen LogP contribution in [0.3, 0.4) is 0 Å². The highest BCUT2D eigenvalue weighted by atomic mass is 16.6. The Bertz CT molecular complexity index is 1490. The van der Waals surface area contributed by atoms with Crippen molar-refractivity contribution in [2.24, 2.45) is 0 Å². The van der Waals surface area contributed by atoms with Gasteiger partial charge in [0.1, 0.15) is 19.8 Å². The molecular weight excluding hydrogens is 488 g/mol. The molecule has 38 heavy (non-hydrogen) atoms. The van der Waals surface area contributed by atoms with Gasteiger partial charge in [-0.2, -0.15) is 0 Å². The fraction of sp³-hybridized carbons (Fsp3) is 0.464. The Morgan fingerprint density at radius 1 is 0.974 bits per heavy atom. The largest absolute Gasteiger partial charge is 0.486 e. The molecular formula is C28H32N4O6. The van der Waals surface area contributed by atoms with Gasteiger partial charge in [-0.25, -0.2) is 9.78 Å². The maximum Gasteiger partial charge on any atom is 0.340 e. The van der Waals surface area contributed by atoms with Crippen LogP contribution >= 0.6 is 0 Å². The number of pyridine rings is 2. The molecule has 10 nitrogen and oxygen atoms in total. The Labute approximate surface area is 220 Å². The first-order chi connectivity index (χ1) is 18.5. The first-order valence-electron chi connectivity index (χ1n) is 13.3. The molecule has 1 unspecified atom stereocenters. The SMILES string of the molecule is CC.CN1CCN(Cc2c3c(nc4cc5c(cc24)OCCO5)-c2cc4c(c(=O)n2C3)COC(=O)C4O)CC1. The summed E-state index contributed by atoms with van der Waals surface area (Å²) in [5.74, 6) is 0.624. The summed E-state index contributed by atoms with van der Waals surface area (Å²) >= 11 is 0. The van der Waals surface area contributed by atoms with Gasteiger partial charge in [-0.1, -0.05) is 13.8 Å². The average Bonchev–Trinajstić information content (AvgIpc) is 3.31. The molecule has 6 heterocycles. The minimum atomic E-state index is -1.47. The average molecular weight is 521 g/mol. The zero-order chi connectivity index (χ0) is 26.6. The number of nitrogens with zero attached hydrogens (tertiary/aromatic N) is 4. The zero-order valence-electron chi connectivity index (χ0n) is 22.0. The van der Waals surface area contributed by atoms with Crippen LogP contribution in [0.1, 0.15) is 42.2 Å². The van der Waals surface area contributed by atoms with E-state index in [9.17, 15) is 14.7 Å². The van der Waals surface area contributed by atoms with Gasteiger partial charge >= 0.3 is 5.97 Å². The molecule has 0 radical (unpaired) electrons. The van der Waals surface area contributed by atoms with Crippen LogP contribution in [0, 0.1) is 0 Å². The molecule has 1 aromatic carbocycles. The number of esters is 1. The molecule has 200 valence electrons. The van der Waals surface area contributed by atoms with Gasteiger partial charge in [0.2, 0.25) is 0 Å². The number of fused-ring (bicyclic) bond motifs is 6. The number of carbonyl (C=O) groups excluding carboxylic acids is 1. The van der Waals surface area contributed by atoms with E-state index in [-0.39, 0.29) is 12.2 Å². The van der Waals surface area contributed by atoms with E-state index in [1.807, 2.05) is 26.0 Å². The predicted molar refractivity (Wildman–Crippen MR) is 140 cm³/mol. The van der Waals surface area contributed by atoms with Crippen LogP contribution in [0.5, 0.6) is 11.5 Å². The van der Waals surface area contributed by atoms with Gasteiger partial charge < -0.3 is 28.8 Å².